The molecule has 0 unspecified atom stereocenters. The van der Waals surface area contributed by atoms with Gasteiger partial charge in [0.05, 0.1) is 6.61 Å². The van der Waals surface area contributed by atoms with Gasteiger partial charge in [-0.1, -0.05) is 46.3 Å². The minimum atomic E-state index is -1.21. The van der Waals surface area contributed by atoms with Crippen molar-refractivity contribution in [3.05, 3.63) is 99.8 Å². The third-order valence-corrected chi connectivity index (χ3v) is 7.17. The van der Waals surface area contributed by atoms with Crippen LogP contribution in [0.2, 0.25) is 0 Å². The zero-order valence-corrected chi connectivity index (χ0v) is 22.7. The summed E-state index contributed by atoms with van der Waals surface area (Å²) in [5.41, 5.74) is 7.23. The van der Waals surface area contributed by atoms with E-state index in [0.29, 0.717) is 44.1 Å². The number of halogens is 2. The van der Waals surface area contributed by atoms with Gasteiger partial charge < -0.3 is 14.6 Å². The van der Waals surface area contributed by atoms with Crippen molar-refractivity contribution in [3.63, 3.8) is 0 Å². The molecule has 0 radical (unpaired) electrons. The Balaban J connectivity index is 1.52. The number of benzene rings is 3. The van der Waals surface area contributed by atoms with Gasteiger partial charge in [-0.15, -0.1) is 0 Å². The molecule has 1 aliphatic heterocycles. The lowest BCUT2D eigenvalue weighted by Crippen LogP contribution is -2.56. The summed E-state index contributed by atoms with van der Waals surface area (Å²) in [6, 6.07) is 21.3. The third-order valence-electron chi connectivity index (χ3n) is 6.40. The maximum absolute atomic E-state index is 13.7. The number of amides is 1. The maximum atomic E-state index is 13.7. The van der Waals surface area contributed by atoms with Crippen molar-refractivity contribution in [1.29, 1.82) is 0 Å². The highest BCUT2D eigenvalue weighted by atomic mass is 79.9. The Morgan fingerprint density at radius 2 is 1.87 bits per heavy atom. The maximum Gasteiger partial charge on any atom is 0.266 e. The van der Waals surface area contributed by atoms with E-state index in [0.717, 1.165) is 21.2 Å². The van der Waals surface area contributed by atoms with Crippen molar-refractivity contribution in [2.45, 2.75) is 37.8 Å². The number of carbonyl (C=O) groups excluding carboxylic acids is 1. The lowest BCUT2D eigenvalue weighted by molar-refractivity contribution is -0.129. The number of rotatable bonds is 12. The molecule has 9 heteroatoms. The summed E-state index contributed by atoms with van der Waals surface area (Å²) in [6.45, 7) is 2.81. The van der Waals surface area contributed by atoms with Gasteiger partial charge in [-0.25, -0.2) is 14.8 Å². The first kappa shape index (κ1) is 27.8. The van der Waals surface area contributed by atoms with E-state index in [1.54, 1.807) is 12.1 Å². The van der Waals surface area contributed by atoms with Gasteiger partial charge in [0, 0.05) is 36.0 Å². The molecular formula is C29H31BrFN3O4. The van der Waals surface area contributed by atoms with E-state index in [4.69, 9.17) is 19.6 Å². The van der Waals surface area contributed by atoms with Crippen molar-refractivity contribution in [2.24, 2.45) is 4.99 Å². The van der Waals surface area contributed by atoms with Crippen LogP contribution in [0, 0.1) is 5.82 Å². The molecule has 1 heterocycles. The molecule has 7 nitrogen and oxygen atoms in total. The Bertz CT molecular complexity index is 1250. The minimum absolute atomic E-state index is 0.0728. The van der Waals surface area contributed by atoms with E-state index >= 15 is 0 Å². The van der Waals surface area contributed by atoms with Crippen LogP contribution in [0.5, 0.6) is 5.75 Å². The molecule has 0 saturated heterocycles. The zero-order chi connectivity index (χ0) is 27.0. The lowest BCUT2D eigenvalue weighted by Gasteiger charge is -2.28. The first-order chi connectivity index (χ1) is 18.4. The molecule has 0 aliphatic carbocycles. The van der Waals surface area contributed by atoms with Crippen LogP contribution in [-0.2, 0) is 22.4 Å². The number of carbonyl (C=O) groups is 1. The highest BCUT2D eigenvalue weighted by Crippen LogP contribution is 2.34. The molecule has 0 bridgehead atoms. The van der Waals surface area contributed by atoms with Gasteiger partial charge in [-0.05, 0) is 66.9 Å². The van der Waals surface area contributed by atoms with Crippen molar-refractivity contribution < 1.29 is 23.8 Å². The van der Waals surface area contributed by atoms with Gasteiger partial charge in [0.15, 0.2) is 5.54 Å². The number of aliphatic imine (C=N–C) groups is 1. The van der Waals surface area contributed by atoms with Crippen LogP contribution in [0.25, 0.3) is 0 Å². The Labute approximate surface area is 230 Å². The number of aliphatic hydroxyl groups is 1. The molecule has 200 valence electrons. The second-order valence-corrected chi connectivity index (χ2v) is 9.93. The summed E-state index contributed by atoms with van der Waals surface area (Å²) >= 11 is 3.59. The van der Waals surface area contributed by atoms with Crippen LogP contribution in [0.3, 0.4) is 0 Å². The average molecular weight is 584 g/mol. The summed E-state index contributed by atoms with van der Waals surface area (Å²) in [7, 11) is 0. The Hall–Kier alpha value is -3.27. The van der Waals surface area contributed by atoms with Crippen LogP contribution in [0.15, 0.2) is 82.3 Å². The SMILES string of the molecule is C[C@@H]1OC(c2ccc(OCCCO)cc2)=N[C@]1(Cc1ccccc1Br)C(=O)NNCCc1ccc(F)cc1. The zero-order valence-electron chi connectivity index (χ0n) is 21.1. The van der Waals surface area contributed by atoms with E-state index in [1.807, 2.05) is 55.5 Å². The van der Waals surface area contributed by atoms with E-state index in [9.17, 15) is 9.18 Å². The molecule has 3 aromatic rings. The number of nitrogens with one attached hydrogen (secondary N) is 2. The Morgan fingerprint density at radius 3 is 2.58 bits per heavy atom. The molecule has 38 heavy (non-hydrogen) atoms. The predicted octanol–water partition coefficient (Wildman–Crippen LogP) is 4.36. The molecule has 0 spiro atoms. The first-order valence-corrected chi connectivity index (χ1v) is 13.3. The van der Waals surface area contributed by atoms with E-state index in [-0.39, 0.29) is 18.3 Å². The minimum Gasteiger partial charge on any atom is -0.494 e. The number of nitrogens with zero attached hydrogens (tertiary/aromatic N) is 1. The van der Waals surface area contributed by atoms with Gasteiger partial charge in [-0.2, -0.15) is 0 Å². The number of hydrazine groups is 1. The topological polar surface area (TPSA) is 92.2 Å². The molecule has 0 saturated carbocycles. The van der Waals surface area contributed by atoms with E-state index in [2.05, 4.69) is 26.8 Å². The standard InChI is InChI=1S/C29H31BrFN3O4/c1-20-29(19-23-5-2-3-6-26(23)30,28(36)34-32-16-15-21-7-11-24(31)12-8-21)33-27(38-20)22-9-13-25(14-10-22)37-18-4-17-35/h2-3,5-14,20,32,35H,4,15-19H2,1H3,(H,34,36)/t20-,29-/m0/s1. The second kappa shape index (κ2) is 13.0. The third kappa shape index (κ3) is 6.78. The summed E-state index contributed by atoms with van der Waals surface area (Å²) in [6.07, 6.45) is 0.960. The van der Waals surface area contributed by atoms with Crippen LogP contribution < -0.4 is 15.6 Å². The first-order valence-electron chi connectivity index (χ1n) is 12.5. The molecule has 2 atom stereocenters. The van der Waals surface area contributed by atoms with Crippen LogP contribution >= 0.6 is 15.9 Å². The Morgan fingerprint density at radius 1 is 1.13 bits per heavy atom. The number of ether oxygens (including phenoxy) is 2. The Kier molecular flexibility index (Phi) is 9.49. The fourth-order valence-corrected chi connectivity index (χ4v) is 4.61. The molecular weight excluding hydrogens is 553 g/mol. The molecule has 0 fully saturated rings. The molecule has 3 N–H and O–H groups in total. The molecule has 1 aliphatic rings. The summed E-state index contributed by atoms with van der Waals surface area (Å²) in [4.78, 5) is 18.5. The van der Waals surface area contributed by atoms with Gasteiger partial charge in [0.1, 0.15) is 17.7 Å². The lowest BCUT2D eigenvalue weighted by atomic mass is 9.86. The van der Waals surface area contributed by atoms with Gasteiger partial charge in [0.25, 0.3) is 5.91 Å². The highest BCUT2D eigenvalue weighted by Gasteiger charge is 2.50. The average Bonchev–Trinajstić information content (AvgIpc) is 3.26. The van der Waals surface area contributed by atoms with Crippen LogP contribution in [-0.4, -0.2) is 48.3 Å². The van der Waals surface area contributed by atoms with Gasteiger partial charge in [0.2, 0.25) is 5.90 Å². The van der Waals surface area contributed by atoms with Crippen molar-refractivity contribution in [1.82, 2.24) is 10.9 Å². The largest absolute Gasteiger partial charge is 0.494 e. The molecule has 3 aromatic carbocycles. The monoisotopic (exact) mass is 583 g/mol. The number of hydrogen-bond donors (Lipinski definition) is 3. The normalized spacial score (nSPS) is 18.5. The quantitative estimate of drug-likeness (QED) is 0.218. The van der Waals surface area contributed by atoms with E-state index < -0.39 is 11.6 Å². The van der Waals surface area contributed by atoms with Crippen molar-refractivity contribution >= 4 is 27.7 Å². The molecule has 1 amide bonds. The fraction of sp³-hybridized carbons (Fsp3) is 0.310. The van der Waals surface area contributed by atoms with Gasteiger partial charge >= 0.3 is 0 Å². The van der Waals surface area contributed by atoms with Crippen molar-refractivity contribution in [3.8, 4) is 5.75 Å². The number of hydrogen-bond acceptors (Lipinski definition) is 6. The predicted molar refractivity (Wildman–Crippen MR) is 148 cm³/mol. The summed E-state index contributed by atoms with van der Waals surface area (Å²) < 4.78 is 25.8. The second-order valence-electron chi connectivity index (χ2n) is 9.08. The number of aliphatic hydroxyl groups excluding tert-OH is 1. The fourth-order valence-electron chi connectivity index (χ4n) is 4.18. The van der Waals surface area contributed by atoms with Gasteiger partial charge in [-0.3, -0.25) is 10.2 Å². The van der Waals surface area contributed by atoms with Crippen molar-refractivity contribution in [2.75, 3.05) is 19.8 Å². The summed E-state index contributed by atoms with van der Waals surface area (Å²) in [5, 5.41) is 8.94. The smallest absolute Gasteiger partial charge is 0.266 e. The van der Waals surface area contributed by atoms with Crippen LogP contribution in [0.4, 0.5) is 4.39 Å². The molecule has 4 rings (SSSR count). The highest BCUT2D eigenvalue weighted by molar-refractivity contribution is 9.10. The van der Waals surface area contributed by atoms with E-state index in [1.165, 1.54) is 12.1 Å². The van der Waals surface area contributed by atoms with Crippen LogP contribution in [0.1, 0.15) is 30.0 Å². The molecule has 0 aromatic heterocycles. The summed E-state index contributed by atoms with van der Waals surface area (Å²) in [5.74, 6) is 0.472.